The molecule has 1 amide bonds. The van der Waals surface area contributed by atoms with Gasteiger partial charge in [0.1, 0.15) is 11.9 Å². The van der Waals surface area contributed by atoms with Gasteiger partial charge in [0, 0.05) is 6.42 Å². The van der Waals surface area contributed by atoms with Crippen molar-refractivity contribution in [1.82, 2.24) is 0 Å². The van der Waals surface area contributed by atoms with Crippen molar-refractivity contribution in [3.63, 3.8) is 0 Å². The third kappa shape index (κ3) is 7.58. The molecule has 0 saturated heterocycles. The number of hydrogen-bond donors (Lipinski definition) is 2. The molecule has 2 unspecified atom stereocenters. The fraction of sp³-hybridized carbons (Fsp3) is 0.391. The first-order chi connectivity index (χ1) is 13.9. The average Bonchev–Trinajstić information content (AvgIpc) is 2.98. The zero-order chi connectivity index (χ0) is 21.2. The molecule has 2 aromatic carbocycles. The largest absolute Gasteiger partial charge is 0.486 e. The Morgan fingerprint density at radius 1 is 1.21 bits per heavy atom. The van der Waals surface area contributed by atoms with E-state index in [-0.39, 0.29) is 24.4 Å². The number of aliphatic hydroxyl groups excluding tert-OH is 1. The van der Waals surface area contributed by atoms with E-state index in [0.717, 1.165) is 18.6 Å². The Hall–Kier alpha value is -2.86. The third-order valence-electron chi connectivity index (χ3n) is 4.48. The molecule has 0 fully saturated rings. The molecule has 0 spiro atoms. The van der Waals surface area contributed by atoms with Crippen molar-refractivity contribution in [1.29, 1.82) is 0 Å². The fourth-order valence-corrected chi connectivity index (χ4v) is 2.92. The summed E-state index contributed by atoms with van der Waals surface area (Å²) in [6, 6.07) is 15.8. The summed E-state index contributed by atoms with van der Waals surface area (Å²) in [6.07, 6.45) is 2.34. The molecule has 1 heterocycles. The van der Waals surface area contributed by atoms with Crippen LogP contribution in [-0.2, 0) is 16.0 Å². The van der Waals surface area contributed by atoms with Gasteiger partial charge in [0.25, 0.3) is 0 Å². The number of hydrogen-bond acceptors (Lipinski definition) is 5. The van der Waals surface area contributed by atoms with E-state index in [9.17, 15) is 9.59 Å². The molecule has 3 rings (SSSR count). The van der Waals surface area contributed by atoms with Gasteiger partial charge in [-0.25, -0.2) is 4.79 Å². The summed E-state index contributed by atoms with van der Waals surface area (Å²) in [5.74, 6) is 0.334. The van der Waals surface area contributed by atoms with Gasteiger partial charge in [-0.2, -0.15) is 0 Å². The fourth-order valence-electron chi connectivity index (χ4n) is 2.92. The zero-order valence-electron chi connectivity index (χ0n) is 17.0. The van der Waals surface area contributed by atoms with E-state index in [2.05, 4.69) is 12.1 Å². The Balaban J connectivity index is 0.000000321. The smallest absolute Gasteiger partial charge is 0.338 e. The maximum absolute atomic E-state index is 11.6. The van der Waals surface area contributed by atoms with Crippen LogP contribution in [-0.4, -0.2) is 29.7 Å². The molecule has 2 aromatic rings. The summed E-state index contributed by atoms with van der Waals surface area (Å²) in [7, 11) is 0. The highest BCUT2D eigenvalue weighted by molar-refractivity contribution is 5.89. The number of carbonyl (C=O) groups is 2. The van der Waals surface area contributed by atoms with Crippen molar-refractivity contribution in [2.45, 2.75) is 51.7 Å². The maximum Gasteiger partial charge on any atom is 0.338 e. The standard InChI is InChI=1S/C18H18O3.C5H11NO2/c1-2-20-18(19)14-9-6-13(7-10-14)8-11-17-15-4-3-5-16(12-15)21-17;1-4(7)2-3-5(6)8/h3-7,9-10,12,17H,2,8,11H2,1H3;4,7H,2-3H2,1H3,(H2,6,8). The van der Waals surface area contributed by atoms with Crippen LogP contribution in [0.1, 0.15) is 60.7 Å². The van der Waals surface area contributed by atoms with E-state index < -0.39 is 6.10 Å². The molecule has 1 aliphatic rings. The summed E-state index contributed by atoms with van der Waals surface area (Å²) in [6.45, 7) is 3.84. The summed E-state index contributed by atoms with van der Waals surface area (Å²) in [4.78, 5) is 21.6. The zero-order valence-corrected chi connectivity index (χ0v) is 17.0. The molecule has 3 N–H and O–H groups in total. The lowest BCUT2D eigenvalue weighted by atomic mass is 10.0. The van der Waals surface area contributed by atoms with Crippen LogP contribution >= 0.6 is 0 Å². The molecular weight excluding hydrogens is 370 g/mol. The van der Waals surface area contributed by atoms with Crippen LogP contribution < -0.4 is 10.5 Å². The van der Waals surface area contributed by atoms with Crippen LogP contribution in [0, 0.1) is 0 Å². The van der Waals surface area contributed by atoms with Crippen molar-refractivity contribution in [3.05, 3.63) is 65.2 Å². The molecular formula is C23H29NO5. The average molecular weight is 399 g/mol. The molecule has 156 valence electrons. The van der Waals surface area contributed by atoms with Crippen LogP contribution in [0.5, 0.6) is 5.75 Å². The molecule has 6 nitrogen and oxygen atoms in total. The number of rotatable bonds is 8. The predicted molar refractivity (Wildman–Crippen MR) is 111 cm³/mol. The van der Waals surface area contributed by atoms with Gasteiger partial charge in [-0.3, -0.25) is 4.79 Å². The lowest BCUT2D eigenvalue weighted by Gasteiger charge is -2.12. The van der Waals surface area contributed by atoms with Crippen LogP contribution in [0.3, 0.4) is 0 Å². The number of aliphatic hydroxyl groups is 1. The van der Waals surface area contributed by atoms with Crippen LogP contribution in [0.4, 0.5) is 0 Å². The molecule has 0 radical (unpaired) electrons. The molecule has 0 saturated carbocycles. The summed E-state index contributed by atoms with van der Waals surface area (Å²) < 4.78 is 10.8. The normalized spacial score (nSPS) is 14.9. The first-order valence-corrected chi connectivity index (χ1v) is 9.88. The number of aryl methyl sites for hydroxylation is 1. The van der Waals surface area contributed by atoms with Crippen molar-refractivity contribution < 1.29 is 24.2 Å². The van der Waals surface area contributed by atoms with Gasteiger partial charge in [-0.05, 0) is 68.5 Å². The second kappa shape index (κ2) is 11.2. The van der Waals surface area contributed by atoms with Crippen LogP contribution in [0.15, 0.2) is 48.5 Å². The molecule has 2 bridgehead atoms. The van der Waals surface area contributed by atoms with E-state index in [0.29, 0.717) is 18.6 Å². The number of primary amides is 1. The maximum atomic E-state index is 11.6. The van der Waals surface area contributed by atoms with E-state index in [4.69, 9.17) is 20.3 Å². The Kier molecular flexibility index (Phi) is 8.68. The molecule has 0 aliphatic carbocycles. The molecule has 1 aliphatic heterocycles. The lowest BCUT2D eigenvalue weighted by Crippen LogP contribution is -2.13. The third-order valence-corrected chi connectivity index (χ3v) is 4.48. The van der Waals surface area contributed by atoms with Crippen LogP contribution in [0.2, 0.25) is 0 Å². The lowest BCUT2D eigenvalue weighted by molar-refractivity contribution is -0.118. The Labute approximate surface area is 171 Å². The highest BCUT2D eigenvalue weighted by Crippen LogP contribution is 2.34. The topological polar surface area (TPSA) is 98.9 Å². The van der Waals surface area contributed by atoms with Crippen molar-refractivity contribution in [2.24, 2.45) is 5.73 Å². The first-order valence-electron chi connectivity index (χ1n) is 9.88. The van der Waals surface area contributed by atoms with Gasteiger partial charge < -0.3 is 20.3 Å². The summed E-state index contributed by atoms with van der Waals surface area (Å²) in [5, 5.41) is 8.59. The number of ether oxygens (including phenoxy) is 2. The van der Waals surface area contributed by atoms with Gasteiger partial charge in [-0.1, -0.05) is 24.3 Å². The predicted octanol–water partition coefficient (Wildman–Crippen LogP) is 3.56. The van der Waals surface area contributed by atoms with Gasteiger partial charge in [0.2, 0.25) is 5.91 Å². The molecule has 2 atom stereocenters. The first kappa shape index (κ1) is 22.4. The van der Waals surface area contributed by atoms with Gasteiger partial charge in [0.05, 0.1) is 18.3 Å². The minimum absolute atomic E-state index is 0.153. The van der Waals surface area contributed by atoms with Crippen molar-refractivity contribution in [3.8, 4) is 5.75 Å². The second-order valence-electron chi connectivity index (χ2n) is 6.99. The SMILES string of the molecule is CC(O)CCC(N)=O.CCOC(=O)c1ccc(CCC2Oc3cccc2c3)cc1. The molecule has 6 heteroatoms. The highest BCUT2D eigenvalue weighted by Gasteiger charge is 2.20. The number of fused-ring (bicyclic) bond motifs is 2. The van der Waals surface area contributed by atoms with Gasteiger partial charge in [-0.15, -0.1) is 0 Å². The monoisotopic (exact) mass is 399 g/mol. The van der Waals surface area contributed by atoms with E-state index in [1.807, 2.05) is 43.3 Å². The quantitative estimate of drug-likeness (QED) is 0.661. The number of carbonyl (C=O) groups excluding carboxylic acids is 2. The van der Waals surface area contributed by atoms with Crippen molar-refractivity contribution in [2.75, 3.05) is 6.61 Å². The van der Waals surface area contributed by atoms with E-state index >= 15 is 0 Å². The van der Waals surface area contributed by atoms with Gasteiger partial charge >= 0.3 is 5.97 Å². The molecule has 29 heavy (non-hydrogen) atoms. The number of esters is 1. The van der Waals surface area contributed by atoms with Crippen LogP contribution in [0.25, 0.3) is 0 Å². The van der Waals surface area contributed by atoms with Crippen molar-refractivity contribution >= 4 is 11.9 Å². The highest BCUT2D eigenvalue weighted by atomic mass is 16.5. The van der Waals surface area contributed by atoms with E-state index in [1.54, 1.807) is 6.92 Å². The molecule has 0 aromatic heterocycles. The summed E-state index contributed by atoms with van der Waals surface area (Å²) in [5.41, 5.74) is 7.84. The minimum atomic E-state index is -0.414. The number of benzene rings is 2. The minimum Gasteiger partial charge on any atom is -0.486 e. The second-order valence-corrected chi connectivity index (χ2v) is 6.99. The Morgan fingerprint density at radius 2 is 1.93 bits per heavy atom. The van der Waals surface area contributed by atoms with Gasteiger partial charge in [0.15, 0.2) is 0 Å². The van der Waals surface area contributed by atoms with E-state index in [1.165, 1.54) is 11.1 Å². The number of amides is 1. The number of nitrogens with two attached hydrogens (primary N) is 1. The Morgan fingerprint density at radius 3 is 2.48 bits per heavy atom. The Bertz CT molecular complexity index is 801. The summed E-state index contributed by atoms with van der Waals surface area (Å²) >= 11 is 0.